The molecule has 2 aliphatic carbocycles. The quantitative estimate of drug-likeness (QED) is 0.801. The van der Waals surface area contributed by atoms with E-state index in [2.05, 4.69) is 0 Å². The fourth-order valence-corrected chi connectivity index (χ4v) is 2.89. The average molecular weight is 268 g/mol. The summed E-state index contributed by atoms with van der Waals surface area (Å²) >= 11 is 0. The number of hydrogen-bond acceptors (Lipinski definition) is 2. The maximum absolute atomic E-state index is 12.3. The smallest absolute Gasteiger partial charge is 0.323 e. The minimum absolute atomic E-state index is 0.124. The molecule has 2 rings (SSSR count). The lowest BCUT2D eigenvalue weighted by Gasteiger charge is -2.28. The molecular weight excluding hydrogens is 244 g/mol. The fraction of sp³-hybridized carbons (Fsp3) is 0.857. The summed E-state index contributed by atoms with van der Waals surface area (Å²) in [4.78, 5) is 26.4. The first kappa shape index (κ1) is 14.2. The molecule has 108 valence electrons. The zero-order valence-corrected chi connectivity index (χ0v) is 11.7. The van der Waals surface area contributed by atoms with E-state index in [4.69, 9.17) is 5.11 Å². The lowest BCUT2D eigenvalue weighted by Crippen LogP contribution is -2.45. The predicted octanol–water partition coefficient (Wildman–Crippen LogP) is 2.02. The Morgan fingerprint density at radius 3 is 2.16 bits per heavy atom. The van der Waals surface area contributed by atoms with Gasteiger partial charge in [-0.25, -0.2) is 4.79 Å². The van der Waals surface area contributed by atoms with Crippen molar-refractivity contribution in [3.63, 3.8) is 0 Å². The molecule has 5 heteroatoms. The molecule has 19 heavy (non-hydrogen) atoms. The largest absolute Gasteiger partial charge is 0.480 e. The summed E-state index contributed by atoms with van der Waals surface area (Å²) in [5.41, 5.74) is 0. The highest BCUT2D eigenvalue weighted by atomic mass is 16.4. The van der Waals surface area contributed by atoms with Crippen molar-refractivity contribution in [3.8, 4) is 0 Å². The number of carboxylic acid groups (broad SMARTS) is 1. The Labute approximate surface area is 114 Å². The van der Waals surface area contributed by atoms with Crippen LogP contribution in [0.2, 0.25) is 0 Å². The lowest BCUT2D eigenvalue weighted by molar-refractivity contribution is -0.137. The standard InChI is InChI=1S/C14H24N2O3/c1-15(8-11-4-2-3-5-11)14(19)16(10-13(17)18)9-12-6-7-12/h11-12H,2-10H2,1H3,(H,17,18). The number of amides is 2. The SMILES string of the molecule is CN(CC1CCCC1)C(=O)N(CC(=O)O)CC1CC1. The van der Waals surface area contributed by atoms with E-state index < -0.39 is 5.97 Å². The summed E-state index contributed by atoms with van der Waals surface area (Å²) in [6.07, 6.45) is 7.14. The van der Waals surface area contributed by atoms with E-state index in [1.54, 1.807) is 11.9 Å². The number of urea groups is 1. The van der Waals surface area contributed by atoms with Gasteiger partial charge in [0.05, 0.1) is 0 Å². The van der Waals surface area contributed by atoms with Gasteiger partial charge in [0.15, 0.2) is 0 Å². The van der Waals surface area contributed by atoms with Crippen molar-refractivity contribution in [1.29, 1.82) is 0 Å². The van der Waals surface area contributed by atoms with E-state index in [0.29, 0.717) is 18.4 Å². The summed E-state index contributed by atoms with van der Waals surface area (Å²) in [7, 11) is 1.79. The number of hydrogen-bond donors (Lipinski definition) is 1. The Hall–Kier alpha value is -1.26. The third-order valence-electron chi connectivity index (χ3n) is 4.11. The Balaban J connectivity index is 1.86. The Kier molecular flexibility index (Phi) is 4.66. The third-order valence-corrected chi connectivity index (χ3v) is 4.11. The van der Waals surface area contributed by atoms with E-state index in [1.807, 2.05) is 0 Å². The minimum atomic E-state index is -0.928. The molecule has 0 aliphatic heterocycles. The number of aliphatic carboxylic acids is 1. The molecule has 1 N–H and O–H groups in total. The van der Waals surface area contributed by atoms with Gasteiger partial charge in [-0.1, -0.05) is 12.8 Å². The third kappa shape index (κ3) is 4.40. The Morgan fingerprint density at radius 2 is 1.63 bits per heavy atom. The van der Waals surface area contributed by atoms with Gasteiger partial charge in [0.25, 0.3) is 0 Å². The van der Waals surface area contributed by atoms with Crippen LogP contribution >= 0.6 is 0 Å². The van der Waals surface area contributed by atoms with Crippen LogP contribution in [0, 0.1) is 11.8 Å². The molecule has 5 nitrogen and oxygen atoms in total. The highest BCUT2D eigenvalue weighted by Gasteiger charge is 2.30. The van der Waals surface area contributed by atoms with E-state index in [1.165, 1.54) is 30.6 Å². The number of nitrogens with zero attached hydrogens (tertiary/aromatic N) is 2. The van der Waals surface area contributed by atoms with Gasteiger partial charge < -0.3 is 14.9 Å². The molecule has 0 spiro atoms. The molecule has 0 radical (unpaired) electrons. The molecule has 2 fully saturated rings. The number of carbonyl (C=O) groups excluding carboxylic acids is 1. The molecular formula is C14H24N2O3. The topological polar surface area (TPSA) is 60.9 Å². The normalized spacial score (nSPS) is 19.4. The van der Waals surface area contributed by atoms with Crippen molar-refractivity contribution in [2.45, 2.75) is 38.5 Å². The maximum Gasteiger partial charge on any atom is 0.323 e. The van der Waals surface area contributed by atoms with E-state index >= 15 is 0 Å². The van der Waals surface area contributed by atoms with E-state index in [-0.39, 0.29) is 12.6 Å². The van der Waals surface area contributed by atoms with Gasteiger partial charge >= 0.3 is 12.0 Å². The van der Waals surface area contributed by atoms with Crippen LogP contribution in [0.25, 0.3) is 0 Å². The first-order valence-corrected chi connectivity index (χ1v) is 7.28. The van der Waals surface area contributed by atoms with Crippen molar-refractivity contribution < 1.29 is 14.7 Å². The summed E-state index contributed by atoms with van der Waals surface area (Å²) in [6, 6.07) is -0.124. The second-order valence-electron chi connectivity index (χ2n) is 6.03. The van der Waals surface area contributed by atoms with Crippen molar-refractivity contribution in [2.75, 3.05) is 26.7 Å². The predicted molar refractivity (Wildman–Crippen MR) is 71.9 cm³/mol. The monoisotopic (exact) mass is 268 g/mol. The second kappa shape index (κ2) is 6.26. The summed E-state index contributed by atoms with van der Waals surface area (Å²) in [5, 5.41) is 8.92. The highest BCUT2D eigenvalue weighted by Crippen LogP contribution is 2.30. The lowest BCUT2D eigenvalue weighted by atomic mass is 10.1. The molecule has 0 heterocycles. The van der Waals surface area contributed by atoms with Crippen LogP contribution in [0.3, 0.4) is 0 Å². The van der Waals surface area contributed by atoms with Gasteiger partial charge in [-0.15, -0.1) is 0 Å². The van der Waals surface area contributed by atoms with Crippen LogP contribution in [0.4, 0.5) is 4.79 Å². The van der Waals surface area contributed by atoms with E-state index in [9.17, 15) is 9.59 Å². The summed E-state index contributed by atoms with van der Waals surface area (Å²) < 4.78 is 0. The van der Waals surface area contributed by atoms with E-state index in [0.717, 1.165) is 19.4 Å². The maximum atomic E-state index is 12.3. The molecule has 0 saturated heterocycles. The zero-order valence-electron chi connectivity index (χ0n) is 11.7. The van der Waals surface area contributed by atoms with Gasteiger partial charge in [0.2, 0.25) is 0 Å². The van der Waals surface area contributed by atoms with Gasteiger partial charge in [-0.3, -0.25) is 4.79 Å². The van der Waals surface area contributed by atoms with Gasteiger partial charge in [-0.05, 0) is 37.5 Å². The van der Waals surface area contributed by atoms with Crippen LogP contribution < -0.4 is 0 Å². The molecule has 2 amide bonds. The Bertz CT molecular complexity index is 336. The Morgan fingerprint density at radius 1 is 1.05 bits per heavy atom. The molecule has 0 aromatic rings. The van der Waals surface area contributed by atoms with Crippen molar-refractivity contribution >= 4 is 12.0 Å². The van der Waals surface area contributed by atoms with Crippen LogP contribution in [-0.2, 0) is 4.79 Å². The highest BCUT2D eigenvalue weighted by molar-refractivity contribution is 5.80. The molecule has 2 saturated carbocycles. The van der Waals surface area contributed by atoms with Gasteiger partial charge in [0, 0.05) is 20.1 Å². The summed E-state index contributed by atoms with van der Waals surface area (Å²) in [6.45, 7) is 1.18. The van der Waals surface area contributed by atoms with Crippen molar-refractivity contribution in [1.82, 2.24) is 9.80 Å². The molecule has 0 atom stereocenters. The van der Waals surface area contributed by atoms with Crippen LogP contribution in [0.1, 0.15) is 38.5 Å². The van der Waals surface area contributed by atoms with Crippen LogP contribution in [0.5, 0.6) is 0 Å². The molecule has 0 aromatic carbocycles. The van der Waals surface area contributed by atoms with Crippen LogP contribution in [-0.4, -0.2) is 53.6 Å². The van der Waals surface area contributed by atoms with Gasteiger partial charge in [0.1, 0.15) is 6.54 Å². The second-order valence-corrected chi connectivity index (χ2v) is 6.03. The van der Waals surface area contributed by atoms with Crippen molar-refractivity contribution in [2.24, 2.45) is 11.8 Å². The average Bonchev–Trinajstić information content (AvgIpc) is 3.02. The molecule has 0 unspecified atom stereocenters. The van der Waals surface area contributed by atoms with Gasteiger partial charge in [-0.2, -0.15) is 0 Å². The fourth-order valence-electron chi connectivity index (χ4n) is 2.89. The first-order chi connectivity index (χ1) is 9.06. The molecule has 2 aliphatic rings. The molecule has 0 bridgehead atoms. The number of carboxylic acids is 1. The first-order valence-electron chi connectivity index (χ1n) is 7.28. The zero-order chi connectivity index (χ0) is 13.8. The number of rotatable bonds is 6. The van der Waals surface area contributed by atoms with Crippen molar-refractivity contribution in [3.05, 3.63) is 0 Å². The molecule has 0 aromatic heterocycles. The minimum Gasteiger partial charge on any atom is -0.480 e. The van der Waals surface area contributed by atoms with Crippen LogP contribution in [0.15, 0.2) is 0 Å². The number of carbonyl (C=O) groups is 2. The summed E-state index contributed by atoms with van der Waals surface area (Å²) in [5.74, 6) is 0.188.